The van der Waals surface area contributed by atoms with Crippen molar-refractivity contribution in [3.8, 4) is 6.07 Å². The second-order valence-electron chi connectivity index (χ2n) is 5.58. The molecular weight excluding hydrogens is 216 g/mol. The average molecular weight is 236 g/mol. The van der Waals surface area contributed by atoms with Crippen LogP contribution in [0.1, 0.15) is 40.0 Å². The van der Waals surface area contributed by atoms with E-state index in [1.165, 1.54) is 19.3 Å². The molecule has 1 saturated carbocycles. The van der Waals surface area contributed by atoms with Gasteiger partial charge in [-0.25, -0.2) is 0 Å². The maximum Gasteiger partial charge on any atom is 0.0978 e. The lowest BCUT2D eigenvalue weighted by molar-refractivity contribution is 0.0928. The van der Waals surface area contributed by atoms with Gasteiger partial charge in [0.15, 0.2) is 0 Å². The molecule has 2 rings (SSSR count). The summed E-state index contributed by atoms with van der Waals surface area (Å²) in [5.74, 6) is 0.992. The first-order chi connectivity index (χ1) is 7.50. The first-order valence-corrected chi connectivity index (χ1v) is 6.95. The molecule has 0 spiro atoms. The van der Waals surface area contributed by atoms with Gasteiger partial charge >= 0.3 is 0 Å². The standard InChI is InChI=1S/C13H20N2S/c1-8(2)13(3)6-4-5-10-11(13)9(7-14)12(15)16-10/h8,10-11H,4-6,15H2,1-3H3/t10?,11?,13-/m1/s1. The number of hydrogen-bond acceptors (Lipinski definition) is 3. The van der Waals surface area contributed by atoms with Crippen LogP contribution in [0.2, 0.25) is 0 Å². The fourth-order valence-corrected chi connectivity index (χ4v) is 4.72. The van der Waals surface area contributed by atoms with E-state index in [-0.39, 0.29) is 5.41 Å². The van der Waals surface area contributed by atoms with Gasteiger partial charge in [0.25, 0.3) is 0 Å². The molecule has 16 heavy (non-hydrogen) atoms. The monoisotopic (exact) mass is 236 g/mol. The summed E-state index contributed by atoms with van der Waals surface area (Å²) in [6.45, 7) is 6.89. The Bertz CT molecular complexity index is 367. The molecule has 3 atom stereocenters. The third-order valence-electron chi connectivity index (χ3n) is 4.58. The van der Waals surface area contributed by atoms with Crippen LogP contribution in [0.5, 0.6) is 0 Å². The van der Waals surface area contributed by atoms with Crippen molar-refractivity contribution in [2.24, 2.45) is 23.0 Å². The van der Waals surface area contributed by atoms with Crippen molar-refractivity contribution in [1.82, 2.24) is 0 Å². The highest BCUT2D eigenvalue weighted by atomic mass is 32.2. The molecule has 0 radical (unpaired) electrons. The van der Waals surface area contributed by atoms with E-state index in [9.17, 15) is 5.26 Å². The van der Waals surface area contributed by atoms with E-state index in [1.54, 1.807) is 11.8 Å². The Morgan fingerprint density at radius 3 is 2.81 bits per heavy atom. The minimum atomic E-state index is 0.252. The Morgan fingerprint density at radius 1 is 1.56 bits per heavy atom. The number of thioether (sulfide) groups is 1. The molecule has 0 aromatic heterocycles. The summed E-state index contributed by atoms with van der Waals surface area (Å²) < 4.78 is 0. The van der Waals surface area contributed by atoms with Crippen molar-refractivity contribution in [3.05, 3.63) is 10.6 Å². The lowest BCUT2D eigenvalue weighted by atomic mass is 9.59. The van der Waals surface area contributed by atoms with Gasteiger partial charge in [-0.2, -0.15) is 5.26 Å². The molecule has 2 unspecified atom stereocenters. The van der Waals surface area contributed by atoms with Crippen LogP contribution in [-0.2, 0) is 0 Å². The normalized spacial score (nSPS) is 38.7. The van der Waals surface area contributed by atoms with Crippen LogP contribution in [0.3, 0.4) is 0 Å². The van der Waals surface area contributed by atoms with E-state index in [0.29, 0.717) is 17.1 Å². The highest BCUT2D eigenvalue weighted by Crippen LogP contribution is 2.57. The van der Waals surface area contributed by atoms with Crippen LogP contribution >= 0.6 is 11.8 Å². The molecule has 0 bridgehead atoms. The van der Waals surface area contributed by atoms with E-state index in [0.717, 1.165) is 10.6 Å². The van der Waals surface area contributed by atoms with E-state index in [2.05, 4.69) is 26.8 Å². The summed E-state index contributed by atoms with van der Waals surface area (Å²) in [5.41, 5.74) is 7.11. The SMILES string of the molecule is CC(C)[C@@]1(C)CCCC2SC(N)=C(C#N)C21. The van der Waals surface area contributed by atoms with Crippen molar-refractivity contribution < 1.29 is 0 Å². The molecule has 1 aliphatic heterocycles. The third-order valence-corrected chi connectivity index (χ3v) is 5.87. The van der Waals surface area contributed by atoms with E-state index in [4.69, 9.17) is 5.73 Å². The summed E-state index contributed by atoms with van der Waals surface area (Å²) in [7, 11) is 0. The number of nitrogens with two attached hydrogens (primary N) is 1. The number of nitriles is 1. The maximum absolute atomic E-state index is 9.29. The smallest absolute Gasteiger partial charge is 0.0978 e. The first-order valence-electron chi connectivity index (χ1n) is 6.07. The van der Waals surface area contributed by atoms with Crippen molar-refractivity contribution in [2.75, 3.05) is 0 Å². The van der Waals surface area contributed by atoms with Gasteiger partial charge in [0.2, 0.25) is 0 Å². The summed E-state index contributed by atoms with van der Waals surface area (Å²) >= 11 is 1.74. The van der Waals surface area contributed by atoms with E-state index < -0.39 is 0 Å². The molecule has 0 aromatic rings. The topological polar surface area (TPSA) is 49.8 Å². The van der Waals surface area contributed by atoms with Crippen LogP contribution in [0, 0.1) is 28.6 Å². The van der Waals surface area contributed by atoms with Crippen molar-refractivity contribution in [3.63, 3.8) is 0 Å². The Balaban J connectivity index is 2.40. The van der Waals surface area contributed by atoms with Crippen molar-refractivity contribution in [2.45, 2.75) is 45.3 Å². The second kappa shape index (κ2) is 4.00. The molecule has 2 nitrogen and oxygen atoms in total. The van der Waals surface area contributed by atoms with Gasteiger partial charge in [-0.05, 0) is 24.2 Å². The molecule has 3 heteroatoms. The molecule has 2 aliphatic rings. The van der Waals surface area contributed by atoms with Crippen LogP contribution in [0.4, 0.5) is 0 Å². The molecule has 2 N–H and O–H groups in total. The van der Waals surface area contributed by atoms with Crippen LogP contribution in [0.25, 0.3) is 0 Å². The average Bonchev–Trinajstić information content (AvgIpc) is 2.55. The molecule has 0 amide bonds. The lowest BCUT2D eigenvalue weighted by Crippen LogP contribution is -2.41. The number of hydrogen-bond donors (Lipinski definition) is 1. The summed E-state index contributed by atoms with van der Waals surface area (Å²) in [4.78, 5) is 0. The Morgan fingerprint density at radius 2 is 2.25 bits per heavy atom. The summed E-state index contributed by atoms with van der Waals surface area (Å²) in [6.07, 6.45) is 3.71. The Labute approximate surface area is 102 Å². The Kier molecular flexibility index (Phi) is 2.96. The van der Waals surface area contributed by atoms with Crippen LogP contribution in [0.15, 0.2) is 10.6 Å². The van der Waals surface area contributed by atoms with Gasteiger partial charge in [0.1, 0.15) is 0 Å². The molecule has 1 heterocycles. The maximum atomic E-state index is 9.29. The number of allylic oxidation sites excluding steroid dienone is 1. The van der Waals surface area contributed by atoms with Gasteiger partial charge in [0, 0.05) is 11.2 Å². The zero-order chi connectivity index (χ0) is 11.9. The summed E-state index contributed by atoms with van der Waals surface area (Å²) in [6, 6.07) is 2.36. The minimum absolute atomic E-state index is 0.252. The third kappa shape index (κ3) is 1.55. The molecule has 88 valence electrons. The largest absolute Gasteiger partial charge is 0.393 e. The zero-order valence-corrected chi connectivity index (χ0v) is 11.1. The predicted molar refractivity (Wildman–Crippen MR) is 68.5 cm³/mol. The Hall–Kier alpha value is -0.620. The van der Waals surface area contributed by atoms with E-state index in [1.807, 2.05) is 0 Å². The van der Waals surface area contributed by atoms with Gasteiger partial charge in [-0.15, -0.1) is 11.8 Å². The quantitative estimate of drug-likeness (QED) is 0.760. The van der Waals surface area contributed by atoms with Crippen molar-refractivity contribution >= 4 is 11.8 Å². The van der Waals surface area contributed by atoms with Gasteiger partial charge in [-0.3, -0.25) is 0 Å². The number of nitrogens with zero attached hydrogens (tertiary/aromatic N) is 1. The first kappa shape index (κ1) is 11.9. The minimum Gasteiger partial charge on any atom is -0.393 e. The molecule has 1 fully saturated rings. The molecular formula is C13H20N2S. The van der Waals surface area contributed by atoms with Gasteiger partial charge < -0.3 is 5.73 Å². The van der Waals surface area contributed by atoms with E-state index >= 15 is 0 Å². The highest BCUT2D eigenvalue weighted by Gasteiger charge is 2.50. The number of rotatable bonds is 1. The molecule has 0 aromatic carbocycles. The lowest BCUT2D eigenvalue weighted by Gasteiger charge is -2.46. The number of fused-ring (bicyclic) bond motifs is 1. The second-order valence-corrected chi connectivity index (χ2v) is 6.86. The predicted octanol–water partition coefficient (Wildman–Crippen LogP) is 3.26. The van der Waals surface area contributed by atoms with Gasteiger partial charge in [0.05, 0.1) is 16.7 Å². The van der Waals surface area contributed by atoms with Crippen molar-refractivity contribution in [1.29, 1.82) is 5.26 Å². The molecule has 0 saturated heterocycles. The zero-order valence-electron chi connectivity index (χ0n) is 10.3. The molecule has 1 aliphatic carbocycles. The summed E-state index contributed by atoms with van der Waals surface area (Å²) in [5, 5.41) is 10.6. The highest BCUT2D eigenvalue weighted by molar-refractivity contribution is 8.03. The van der Waals surface area contributed by atoms with Gasteiger partial charge in [-0.1, -0.05) is 27.2 Å². The van der Waals surface area contributed by atoms with Crippen LogP contribution in [-0.4, -0.2) is 5.25 Å². The fraction of sp³-hybridized carbons (Fsp3) is 0.769. The van der Waals surface area contributed by atoms with Crippen LogP contribution < -0.4 is 5.73 Å². The fourth-order valence-electron chi connectivity index (χ4n) is 3.23.